The Morgan fingerprint density at radius 1 is 1.31 bits per heavy atom. The fourth-order valence-electron chi connectivity index (χ4n) is 3.12. The highest BCUT2D eigenvalue weighted by atomic mass is 127. The lowest BCUT2D eigenvalue weighted by molar-refractivity contribution is 0.249. The number of aryl methyl sites for hydroxylation is 1. The average molecular weight is 505 g/mol. The third-order valence-corrected chi connectivity index (χ3v) is 6.49. The van der Waals surface area contributed by atoms with Gasteiger partial charge in [-0.2, -0.15) is 0 Å². The molecule has 1 saturated heterocycles. The van der Waals surface area contributed by atoms with E-state index < -0.39 is 0 Å². The van der Waals surface area contributed by atoms with Crippen LogP contribution < -0.4 is 10.6 Å². The van der Waals surface area contributed by atoms with Crippen molar-refractivity contribution < 1.29 is 0 Å². The van der Waals surface area contributed by atoms with Crippen molar-refractivity contribution in [1.82, 2.24) is 20.5 Å². The van der Waals surface area contributed by atoms with Crippen molar-refractivity contribution in [3.63, 3.8) is 0 Å². The number of thiophene rings is 1. The predicted octanol–water partition coefficient (Wildman–Crippen LogP) is 3.89. The van der Waals surface area contributed by atoms with Crippen molar-refractivity contribution in [3.8, 4) is 0 Å². The van der Waals surface area contributed by atoms with Crippen LogP contribution in [-0.2, 0) is 13.0 Å². The highest BCUT2D eigenvalue weighted by Crippen LogP contribution is 2.27. The zero-order valence-corrected chi connectivity index (χ0v) is 19.4. The quantitative estimate of drug-likeness (QED) is 0.341. The van der Waals surface area contributed by atoms with Crippen molar-refractivity contribution in [2.45, 2.75) is 38.8 Å². The first kappa shape index (κ1) is 21.6. The molecule has 144 valence electrons. The van der Waals surface area contributed by atoms with E-state index in [1.54, 1.807) is 11.3 Å². The van der Waals surface area contributed by atoms with Gasteiger partial charge in [-0.1, -0.05) is 13.0 Å². The molecule has 3 heterocycles. The van der Waals surface area contributed by atoms with E-state index in [2.05, 4.69) is 55.3 Å². The number of hydrogen-bond donors (Lipinski definition) is 2. The summed E-state index contributed by atoms with van der Waals surface area (Å²) in [5.74, 6) is 0.840. The molecule has 3 rings (SSSR count). The largest absolute Gasteiger partial charge is 0.354 e. The third kappa shape index (κ3) is 5.90. The fraction of sp³-hybridized carbons (Fsp3) is 0.556. The van der Waals surface area contributed by atoms with E-state index >= 15 is 0 Å². The molecule has 0 amide bonds. The molecule has 0 radical (unpaired) electrons. The molecule has 1 unspecified atom stereocenters. The van der Waals surface area contributed by atoms with Gasteiger partial charge in [0, 0.05) is 23.8 Å². The van der Waals surface area contributed by atoms with Crippen LogP contribution in [0, 0.1) is 0 Å². The number of rotatable bonds is 7. The molecule has 0 bridgehead atoms. The second-order valence-electron chi connectivity index (χ2n) is 6.17. The maximum atomic E-state index is 4.60. The van der Waals surface area contributed by atoms with E-state index in [1.165, 1.54) is 35.8 Å². The lowest BCUT2D eigenvalue weighted by Crippen LogP contribution is -2.42. The number of aliphatic imine (C=N–C) groups is 1. The van der Waals surface area contributed by atoms with Crippen molar-refractivity contribution >= 4 is 52.6 Å². The Kier molecular flexibility index (Phi) is 9.30. The molecular weight excluding hydrogens is 477 g/mol. The van der Waals surface area contributed by atoms with Crippen LogP contribution in [0.5, 0.6) is 0 Å². The van der Waals surface area contributed by atoms with Gasteiger partial charge in [-0.15, -0.1) is 46.7 Å². The van der Waals surface area contributed by atoms with Crippen molar-refractivity contribution in [2.75, 3.05) is 26.7 Å². The van der Waals surface area contributed by atoms with E-state index in [0.29, 0.717) is 12.6 Å². The topological polar surface area (TPSA) is 52.6 Å². The summed E-state index contributed by atoms with van der Waals surface area (Å²) >= 11 is 3.57. The highest BCUT2D eigenvalue weighted by Gasteiger charge is 2.24. The van der Waals surface area contributed by atoms with Gasteiger partial charge in [0.05, 0.1) is 23.3 Å². The standard InChI is InChI=1S/C18H27N5S2.HI/c1-3-17-22-14(13-25-17)11-20-18(19-2)21-12-15(16-7-6-10-24-16)23-8-4-5-9-23;/h6-7,10,13,15H,3-5,8-9,11-12H2,1-2H3,(H2,19,20,21);1H. The summed E-state index contributed by atoms with van der Waals surface area (Å²) in [5, 5.41) is 12.4. The van der Waals surface area contributed by atoms with Gasteiger partial charge in [0.25, 0.3) is 0 Å². The van der Waals surface area contributed by atoms with Gasteiger partial charge in [-0.3, -0.25) is 9.89 Å². The van der Waals surface area contributed by atoms with Gasteiger partial charge in [0.1, 0.15) is 0 Å². The molecule has 2 aromatic rings. The minimum Gasteiger partial charge on any atom is -0.354 e. The van der Waals surface area contributed by atoms with Crippen molar-refractivity contribution in [1.29, 1.82) is 0 Å². The van der Waals surface area contributed by atoms with E-state index in [9.17, 15) is 0 Å². The van der Waals surface area contributed by atoms with Gasteiger partial charge < -0.3 is 10.6 Å². The Morgan fingerprint density at radius 3 is 2.73 bits per heavy atom. The number of nitrogens with zero attached hydrogens (tertiary/aromatic N) is 3. The SMILES string of the molecule is CCc1nc(CNC(=NC)NCC(c2cccs2)N2CCCC2)cs1.I. The van der Waals surface area contributed by atoms with Crippen LogP contribution in [0.4, 0.5) is 0 Å². The number of nitrogens with one attached hydrogen (secondary N) is 2. The fourth-order valence-corrected chi connectivity index (χ4v) is 4.73. The Hall–Kier alpha value is -0.710. The van der Waals surface area contributed by atoms with E-state index in [-0.39, 0.29) is 24.0 Å². The summed E-state index contributed by atoms with van der Waals surface area (Å²) < 4.78 is 0. The Bertz CT molecular complexity index is 665. The second kappa shape index (κ2) is 11.2. The first-order valence-corrected chi connectivity index (χ1v) is 10.7. The smallest absolute Gasteiger partial charge is 0.191 e. The zero-order valence-electron chi connectivity index (χ0n) is 15.4. The third-order valence-electron chi connectivity index (χ3n) is 4.48. The maximum absolute atomic E-state index is 4.60. The number of thiazole rings is 1. The molecular formula is C18H28IN5S2. The Morgan fingerprint density at radius 2 is 2.12 bits per heavy atom. The van der Waals surface area contributed by atoms with Gasteiger partial charge in [0.2, 0.25) is 0 Å². The van der Waals surface area contributed by atoms with Crippen LogP contribution in [0.1, 0.15) is 41.4 Å². The zero-order chi connectivity index (χ0) is 17.5. The first-order valence-electron chi connectivity index (χ1n) is 8.95. The summed E-state index contributed by atoms with van der Waals surface area (Å²) in [5.41, 5.74) is 1.08. The number of guanidine groups is 1. The van der Waals surface area contributed by atoms with Gasteiger partial charge in [0.15, 0.2) is 5.96 Å². The molecule has 1 aliphatic rings. The summed E-state index contributed by atoms with van der Waals surface area (Å²) in [4.78, 5) is 13.0. The Balaban J connectivity index is 0.00000243. The second-order valence-corrected chi connectivity index (χ2v) is 8.09. The van der Waals surface area contributed by atoms with Crippen molar-refractivity contribution in [2.24, 2.45) is 4.99 Å². The lowest BCUT2D eigenvalue weighted by atomic mass is 10.2. The average Bonchev–Trinajstić information content (AvgIpc) is 3.40. The van der Waals surface area contributed by atoms with Crippen LogP contribution >= 0.6 is 46.7 Å². The molecule has 8 heteroatoms. The lowest BCUT2D eigenvalue weighted by Gasteiger charge is -2.27. The molecule has 26 heavy (non-hydrogen) atoms. The molecule has 2 N–H and O–H groups in total. The molecule has 0 spiro atoms. The van der Waals surface area contributed by atoms with Crippen LogP contribution in [0.15, 0.2) is 27.9 Å². The molecule has 1 fully saturated rings. The molecule has 0 saturated carbocycles. The van der Waals surface area contributed by atoms with E-state index in [1.807, 2.05) is 18.4 Å². The first-order chi connectivity index (χ1) is 12.3. The Labute approximate surface area is 181 Å². The number of hydrogen-bond acceptors (Lipinski definition) is 5. The molecule has 2 aromatic heterocycles. The van der Waals surface area contributed by atoms with Crippen LogP contribution in [-0.4, -0.2) is 42.5 Å². The normalized spacial score (nSPS) is 16.3. The number of likely N-dealkylation sites (tertiary alicyclic amines) is 1. The van der Waals surface area contributed by atoms with Gasteiger partial charge in [-0.05, 0) is 43.8 Å². The van der Waals surface area contributed by atoms with E-state index in [0.717, 1.165) is 24.6 Å². The molecule has 1 atom stereocenters. The minimum absolute atomic E-state index is 0. The monoisotopic (exact) mass is 505 g/mol. The van der Waals surface area contributed by atoms with Gasteiger partial charge in [-0.25, -0.2) is 4.98 Å². The van der Waals surface area contributed by atoms with Crippen LogP contribution in [0.2, 0.25) is 0 Å². The van der Waals surface area contributed by atoms with Crippen molar-refractivity contribution in [3.05, 3.63) is 38.5 Å². The summed E-state index contributed by atoms with van der Waals surface area (Å²) in [6.07, 6.45) is 3.60. The molecule has 1 aliphatic heterocycles. The maximum Gasteiger partial charge on any atom is 0.191 e. The predicted molar refractivity (Wildman–Crippen MR) is 123 cm³/mol. The minimum atomic E-state index is 0. The highest BCUT2D eigenvalue weighted by molar-refractivity contribution is 14.0. The molecule has 5 nitrogen and oxygen atoms in total. The van der Waals surface area contributed by atoms with E-state index in [4.69, 9.17) is 0 Å². The molecule has 0 aromatic carbocycles. The summed E-state index contributed by atoms with van der Waals surface area (Å²) in [6, 6.07) is 4.81. The summed E-state index contributed by atoms with van der Waals surface area (Å²) in [6.45, 7) is 6.10. The molecule has 0 aliphatic carbocycles. The number of halogens is 1. The van der Waals surface area contributed by atoms with Crippen LogP contribution in [0.25, 0.3) is 0 Å². The summed E-state index contributed by atoms with van der Waals surface area (Å²) in [7, 11) is 1.82. The number of aromatic nitrogens is 1. The van der Waals surface area contributed by atoms with Gasteiger partial charge >= 0.3 is 0 Å². The van der Waals surface area contributed by atoms with Crippen LogP contribution in [0.3, 0.4) is 0 Å².